The van der Waals surface area contributed by atoms with Crippen molar-refractivity contribution in [3.8, 4) is 5.75 Å². The van der Waals surface area contributed by atoms with E-state index in [1.54, 1.807) is 4.90 Å². The van der Waals surface area contributed by atoms with Crippen LogP contribution < -0.4 is 9.64 Å². The fourth-order valence-electron chi connectivity index (χ4n) is 3.79. The van der Waals surface area contributed by atoms with Crippen LogP contribution in [0.5, 0.6) is 5.75 Å². The Kier molecular flexibility index (Phi) is 7.24. The van der Waals surface area contributed by atoms with Gasteiger partial charge >= 0.3 is 0 Å². The number of thioether (sulfide) groups is 1. The second kappa shape index (κ2) is 10.3. The van der Waals surface area contributed by atoms with Crippen molar-refractivity contribution in [3.05, 3.63) is 108 Å². The lowest BCUT2D eigenvalue weighted by Crippen LogP contribution is -2.27. The average Bonchev–Trinajstić information content (AvgIpc) is 3.11. The van der Waals surface area contributed by atoms with Crippen LogP contribution in [0.4, 0.5) is 5.69 Å². The molecule has 168 valence electrons. The van der Waals surface area contributed by atoms with E-state index in [-0.39, 0.29) is 5.91 Å². The topological polar surface area (TPSA) is 29.5 Å². The molecule has 1 fully saturated rings. The Morgan fingerprint density at radius 3 is 2.50 bits per heavy atom. The number of anilines is 1. The summed E-state index contributed by atoms with van der Waals surface area (Å²) in [7, 11) is 0. The summed E-state index contributed by atoms with van der Waals surface area (Å²) in [6.07, 6.45) is 1.90. The van der Waals surface area contributed by atoms with Crippen molar-refractivity contribution in [2.45, 2.75) is 6.61 Å². The van der Waals surface area contributed by atoms with Crippen LogP contribution in [0, 0.1) is 7.14 Å². The van der Waals surface area contributed by atoms with Crippen LogP contribution in [0.1, 0.15) is 11.1 Å². The lowest BCUT2D eigenvalue weighted by Gasteiger charge is -2.17. The second-order valence-corrected chi connectivity index (χ2v) is 11.7. The molecule has 5 rings (SSSR count). The van der Waals surface area contributed by atoms with Gasteiger partial charge in [0.05, 0.1) is 14.2 Å². The first-order chi connectivity index (χ1) is 16.5. The molecule has 1 amide bonds. The number of fused-ring (bicyclic) bond motifs is 1. The SMILES string of the molecule is O=C1/C(=C/c2cc(I)cc(I)c2OCc2ccccc2)SC(=S)N1c1cccc2ccccc12. The Hall–Kier alpha value is -1.95. The van der Waals surface area contributed by atoms with Gasteiger partial charge in [-0.3, -0.25) is 9.69 Å². The highest BCUT2D eigenvalue weighted by atomic mass is 127. The van der Waals surface area contributed by atoms with E-state index < -0.39 is 0 Å². The van der Waals surface area contributed by atoms with E-state index in [4.69, 9.17) is 17.0 Å². The van der Waals surface area contributed by atoms with Crippen molar-refractivity contribution in [3.63, 3.8) is 0 Å². The van der Waals surface area contributed by atoms with Gasteiger partial charge in [-0.05, 0) is 80.4 Å². The molecule has 7 heteroatoms. The van der Waals surface area contributed by atoms with E-state index in [1.165, 1.54) is 11.8 Å². The number of benzene rings is 4. The number of carbonyl (C=O) groups is 1. The fraction of sp³-hybridized carbons (Fsp3) is 0.0370. The zero-order valence-corrected chi connectivity index (χ0v) is 23.7. The molecule has 0 unspecified atom stereocenters. The third-order valence-electron chi connectivity index (χ3n) is 5.35. The molecule has 0 aromatic heterocycles. The molecule has 0 atom stereocenters. The maximum Gasteiger partial charge on any atom is 0.270 e. The number of nitrogens with zero attached hydrogens (tertiary/aromatic N) is 1. The first kappa shape index (κ1) is 23.8. The summed E-state index contributed by atoms with van der Waals surface area (Å²) in [6, 6.07) is 28.1. The fourth-order valence-corrected chi connectivity index (χ4v) is 7.11. The van der Waals surface area contributed by atoms with Gasteiger partial charge in [-0.1, -0.05) is 90.7 Å². The second-order valence-electron chi connectivity index (χ2n) is 7.60. The largest absolute Gasteiger partial charge is 0.487 e. The molecule has 4 aromatic carbocycles. The summed E-state index contributed by atoms with van der Waals surface area (Å²) in [6.45, 7) is 0.454. The van der Waals surface area contributed by atoms with Gasteiger partial charge in [0, 0.05) is 14.5 Å². The zero-order chi connectivity index (χ0) is 23.7. The highest BCUT2D eigenvalue weighted by Crippen LogP contribution is 2.40. The molecular formula is C27H17I2NO2S2. The molecule has 1 aliphatic heterocycles. The zero-order valence-electron chi connectivity index (χ0n) is 17.7. The summed E-state index contributed by atoms with van der Waals surface area (Å²) in [5, 5.41) is 2.07. The maximum atomic E-state index is 13.5. The van der Waals surface area contributed by atoms with E-state index >= 15 is 0 Å². The molecule has 0 bridgehead atoms. The van der Waals surface area contributed by atoms with Crippen molar-refractivity contribution < 1.29 is 9.53 Å². The van der Waals surface area contributed by atoms with Gasteiger partial charge in [-0.15, -0.1) is 0 Å². The molecule has 0 aliphatic carbocycles. The van der Waals surface area contributed by atoms with Crippen molar-refractivity contribution in [2.24, 2.45) is 0 Å². The summed E-state index contributed by atoms with van der Waals surface area (Å²) in [4.78, 5) is 15.7. The Morgan fingerprint density at radius 2 is 1.68 bits per heavy atom. The molecule has 34 heavy (non-hydrogen) atoms. The Balaban J connectivity index is 1.50. The molecule has 0 spiro atoms. The van der Waals surface area contributed by atoms with E-state index in [1.807, 2.05) is 84.9 Å². The smallest absolute Gasteiger partial charge is 0.270 e. The van der Waals surface area contributed by atoms with Gasteiger partial charge in [0.25, 0.3) is 5.91 Å². The monoisotopic (exact) mass is 705 g/mol. The quantitative estimate of drug-likeness (QED) is 0.120. The molecule has 0 N–H and O–H groups in total. The van der Waals surface area contributed by atoms with Crippen molar-refractivity contribution >= 4 is 102 Å². The van der Waals surface area contributed by atoms with Crippen LogP contribution in [0.25, 0.3) is 16.8 Å². The summed E-state index contributed by atoms with van der Waals surface area (Å²) < 4.78 is 8.83. The van der Waals surface area contributed by atoms with Crippen LogP contribution in [0.15, 0.2) is 89.8 Å². The predicted octanol–water partition coefficient (Wildman–Crippen LogP) is 8.03. The predicted molar refractivity (Wildman–Crippen MR) is 162 cm³/mol. The van der Waals surface area contributed by atoms with Crippen molar-refractivity contribution in [2.75, 3.05) is 4.90 Å². The van der Waals surface area contributed by atoms with Gasteiger partial charge in [-0.25, -0.2) is 0 Å². The minimum Gasteiger partial charge on any atom is -0.487 e. The summed E-state index contributed by atoms with van der Waals surface area (Å²) in [5.41, 5.74) is 2.76. The minimum atomic E-state index is -0.116. The summed E-state index contributed by atoms with van der Waals surface area (Å²) in [5.74, 6) is 0.648. The number of carbonyl (C=O) groups excluding carboxylic acids is 1. The normalized spacial score (nSPS) is 14.9. The highest BCUT2D eigenvalue weighted by Gasteiger charge is 2.34. The van der Waals surface area contributed by atoms with Crippen molar-refractivity contribution in [1.82, 2.24) is 0 Å². The molecule has 1 aliphatic rings. The Labute approximate surface area is 234 Å². The number of thiocarbonyl (C=S) groups is 1. The van der Waals surface area contributed by atoms with Crippen molar-refractivity contribution in [1.29, 1.82) is 0 Å². The van der Waals surface area contributed by atoms with Gasteiger partial charge < -0.3 is 4.74 Å². The molecular weight excluding hydrogens is 688 g/mol. The molecule has 0 saturated carbocycles. The third kappa shape index (κ3) is 4.89. The number of hydrogen-bond acceptors (Lipinski definition) is 4. The standard InChI is InChI=1S/C27H17I2NO2S2/c28-20-13-19(25(22(29)15-20)32-16-17-7-2-1-3-8-17)14-24-26(31)30(27(33)34-24)23-12-6-10-18-9-4-5-11-21(18)23/h1-15H,16H2/b24-14-. The lowest BCUT2D eigenvalue weighted by atomic mass is 10.1. The first-order valence-corrected chi connectivity index (χ1v) is 13.8. The van der Waals surface area contributed by atoms with Crippen LogP contribution in [-0.4, -0.2) is 10.2 Å². The molecule has 1 heterocycles. The minimum absolute atomic E-state index is 0.116. The molecule has 1 saturated heterocycles. The number of rotatable bonds is 5. The van der Waals surface area contributed by atoms with Gasteiger partial charge in [0.2, 0.25) is 0 Å². The number of ether oxygens (including phenoxy) is 1. The summed E-state index contributed by atoms with van der Waals surface area (Å²) >= 11 is 11.5. The lowest BCUT2D eigenvalue weighted by molar-refractivity contribution is -0.113. The van der Waals surface area contributed by atoms with Crippen LogP contribution >= 0.6 is 69.2 Å². The number of halogens is 2. The van der Waals surface area contributed by atoms with Crippen LogP contribution in [0.3, 0.4) is 0 Å². The maximum absolute atomic E-state index is 13.5. The van der Waals surface area contributed by atoms with E-state index in [9.17, 15) is 4.79 Å². The van der Waals surface area contributed by atoms with Gasteiger partial charge in [-0.2, -0.15) is 0 Å². The number of amides is 1. The van der Waals surface area contributed by atoms with Crippen LogP contribution in [0.2, 0.25) is 0 Å². The number of hydrogen-bond donors (Lipinski definition) is 0. The van der Waals surface area contributed by atoms with E-state index in [0.717, 1.165) is 40.5 Å². The molecule has 0 radical (unpaired) electrons. The van der Waals surface area contributed by atoms with E-state index in [0.29, 0.717) is 15.8 Å². The Morgan fingerprint density at radius 1 is 0.941 bits per heavy atom. The highest BCUT2D eigenvalue weighted by molar-refractivity contribution is 14.1. The molecule has 3 nitrogen and oxygen atoms in total. The van der Waals surface area contributed by atoms with Crippen LogP contribution in [-0.2, 0) is 11.4 Å². The van der Waals surface area contributed by atoms with E-state index in [2.05, 4.69) is 51.2 Å². The van der Waals surface area contributed by atoms with Gasteiger partial charge in [0.1, 0.15) is 12.4 Å². The first-order valence-electron chi connectivity index (χ1n) is 10.4. The average molecular weight is 705 g/mol. The Bertz CT molecular complexity index is 1450. The third-order valence-corrected chi connectivity index (χ3v) is 8.08. The molecule has 4 aromatic rings. The van der Waals surface area contributed by atoms with Gasteiger partial charge in [0.15, 0.2) is 4.32 Å².